The smallest absolute Gasteiger partial charge is 0.254 e. The molecule has 2 rings (SSSR count). The average Bonchev–Trinajstić information content (AvgIpc) is 2.40. The van der Waals surface area contributed by atoms with Crippen molar-refractivity contribution in [2.24, 2.45) is 5.92 Å². The number of carbonyl (C=O) groups excluding carboxylic acids is 1. The monoisotopic (exact) mass is 283 g/mol. The first-order valence-corrected chi connectivity index (χ1v) is 7.20. The van der Waals surface area contributed by atoms with E-state index in [1.165, 1.54) is 6.07 Å². The molecule has 104 valence electrons. The lowest BCUT2D eigenvalue weighted by Gasteiger charge is -2.27. The number of hydrogen-bond donors (Lipinski definition) is 1. The molecule has 4 heteroatoms. The molecule has 1 N–H and O–H groups in total. The van der Waals surface area contributed by atoms with Gasteiger partial charge in [0.25, 0.3) is 5.91 Å². The minimum atomic E-state index is -0.478. The predicted molar refractivity (Wildman–Crippen MR) is 75.1 cm³/mol. The van der Waals surface area contributed by atoms with Crippen molar-refractivity contribution in [1.29, 1.82) is 0 Å². The molecule has 1 amide bonds. The maximum absolute atomic E-state index is 13.6. The number of alkyl halides is 1. The van der Waals surface area contributed by atoms with Crippen molar-refractivity contribution >= 4 is 17.5 Å². The highest BCUT2D eigenvalue weighted by atomic mass is 35.5. The standard InChI is InChI=1S/C15H19ClFNO/c1-10-6-7-14(17)12(8-10)15(19)18-9-11-4-2-3-5-13(11)16/h6-8,11,13H,2-5,9H2,1H3,(H,18,19). The summed E-state index contributed by atoms with van der Waals surface area (Å²) in [7, 11) is 0. The van der Waals surface area contributed by atoms with Crippen LogP contribution in [-0.4, -0.2) is 17.8 Å². The molecule has 1 fully saturated rings. The van der Waals surface area contributed by atoms with Gasteiger partial charge in [-0.05, 0) is 37.8 Å². The van der Waals surface area contributed by atoms with Gasteiger partial charge in [0.15, 0.2) is 0 Å². The molecular weight excluding hydrogens is 265 g/mol. The molecule has 0 radical (unpaired) electrons. The molecule has 2 atom stereocenters. The number of carbonyl (C=O) groups is 1. The van der Waals surface area contributed by atoms with E-state index in [4.69, 9.17) is 11.6 Å². The fraction of sp³-hybridized carbons (Fsp3) is 0.533. The number of nitrogens with one attached hydrogen (secondary N) is 1. The van der Waals surface area contributed by atoms with Gasteiger partial charge in [-0.15, -0.1) is 11.6 Å². The van der Waals surface area contributed by atoms with Crippen molar-refractivity contribution < 1.29 is 9.18 Å². The Morgan fingerprint density at radius 1 is 1.42 bits per heavy atom. The Bertz CT molecular complexity index is 463. The van der Waals surface area contributed by atoms with Crippen molar-refractivity contribution in [3.05, 3.63) is 35.1 Å². The summed E-state index contributed by atoms with van der Waals surface area (Å²) in [5.41, 5.74) is 0.987. The van der Waals surface area contributed by atoms with Crippen molar-refractivity contribution in [3.63, 3.8) is 0 Å². The summed E-state index contributed by atoms with van der Waals surface area (Å²) >= 11 is 6.24. The summed E-state index contributed by atoms with van der Waals surface area (Å²) in [6.45, 7) is 2.37. The second-order valence-corrected chi connectivity index (χ2v) is 5.81. The van der Waals surface area contributed by atoms with Gasteiger partial charge in [0.05, 0.1) is 5.56 Å². The van der Waals surface area contributed by atoms with Crippen LogP contribution in [0.15, 0.2) is 18.2 Å². The van der Waals surface area contributed by atoms with Gasteiger partial charge in [0, 0.05) is 11.9 Å². The lowest BCUT2D eigenvalue weighted by atomic mass is 9.88. The van der Waals surface area contributed by atoms with Gasteiger partial charge in [0.2, 0.25) is 0 Å². The Hall–Kier alpha value is -1.09. The third kappa shape index (κ3) is 3.69. The van der Waals surface area contributed by atoms with Crippen LogP contribution in [0.5, 0.6) is 0 Å². The molecule has 0 bridgehead atoms. The van der Waals surface area contributed by atoms with E-state index in [1.54, 1.807) is 12.1 Å². The van der Waals surface area contributed by atoms with E-state index < -0.39 is 5.82 Å². The Morgan fingerprint density at radius 2 is 2.16 bits per heavy atom. The quantitative estimate of drug-likeness (QED) is 0.843. The van der Waals surface area contributed by atoms with Crippen LogP contribution in [-0.2, 0) is 0 Å². The van der Waals surface area contributed by atoms with Crippen LogP contribution < -0.4 is 5.32 Å². The highest BCUT2D eigenvalue weighted by Crippen LogP contribution is 2.28. The summed E-state index contributed by atoms with van der Waals surface area (Å²) in [6.07, 6.45) is 4.35. The van der Waals surface area contributed by atoms with Gasteiger partial charge >= 0.3 is 0 Å². The third-order valence-electron chi connectivity index (χ3n) is 3.71. The second kappa shape index (κ2) is 6.38. The maximum atomic E-state index is 13.6. The highest BCUT2D eigenvalue weighted by Gasteiger charge is 2.24. The molecule has 2 unspecified atom stereocenters. The molecule has 1 aliphatic carbocycles. The lowest BCUT2D eigenvalue weighted by Crippen LogP contribution is -2.35. The van der Waals surface area contributed by atoms with Gasteiger partial charge in [0.1, 0.15) is 5.82 Å². The summed E-state index contributed by atoms with van der Waals surface area (Å²) in [5.74, 6) is -0.531. The molecule has 1 aromatic carbocycles. The predicted octanol–water partition coefficient (Wildman–Crippen LogP) is 3.66. The summed E-state index contributed by atoms with van der Waals surface area (Å²) in [5, 5.41) is 2.93. The van der Waals surface area contributed by atoms with Gasteiger partial charge < -0.3 is 5.32 Å². The Morgan fingerprint density at radius 3 is 2.89 bits per heavy atom. The number of hydrogen-bond acceptors (Lipinski definition) is 1. The normalized spacial score (nSPS) is 23.1. The largest absolute Gasteiger partial charge is 0.352 e. The van der Waals surface area contributed by atoms with Crippen molar-refractivity contribution in [3.8, 4) is 0 Å². The van der Waals surface area contributed by atoms with Crippen LogP contribution in [0.2, 0.25) is 0 Å². The molecular formula is C15H19ClFNO. The van der Waals surface area contributed by atoms with Crippen LogP contribution in [0, 0.1) is 18.7 Å². The second-order valence-electron chi connectivity index (χ2n) is 5.25. The Kier molecular flexibility index (Phi) is 4.81. The number of benzene rings is 1. The summed E-state index contributed by atoms with van der Waals surface area (Å²) < 4.78 is 13.6. The van der Waals surface area contributed by atoms with E-state index in [2.05, 4.69) is 5.32 Å². The third-order valence-corrected chi connectivity index (χ3v) is 4.28. The number of aryl methyl sites for hydroxylation is 1. The van der Waals surface area contributed by atoms with E-state index in [0.717, 1.165) is 31.2 Å². The zero-order valence-corrected chi connectivity index (χ0v) is 11.8. The van der Waals surface area contributed by atoms with Gasteiger partial charge in [-0.2, -0.15) is 0 Å². The van der Waals surface area contributed by atoms with Gasteiger partial charge in [-0.3, -0.25) is 4.79 Å². The molecule has 0 spiro atoms. The van der Waals surface area contributed by atoms with E-state index in [0.29, 0.717) is 12.5 Å². The first-order chi connectivity index (χ1) is 9.08. The summed E-state index contributed by atoms with van der Waals surface area (Å²) in [4.78, 5) is 12.0. The topological polar surface area (TPSA) is 29.1 Å². The fourth-order valence-electron chi connectivity index (χ4n) is 2.52. The van der Waals surface area contributed by atoms with E-state index >= 15 is 0 Å². The first kappa shape index (κ1) is 14.3. The zero-order valence-electron chi connectivity index (χ0n) is 11.1. The average molecular weight is 284 g/mol. The SMILES string of the molecule is Cc1ccc(F)c(C(=O)NCC2CCCCC2Cl)c1. The fourth-order valence-corrected chi connectivity index (χ4v) is 2.89. The number of amides is 1. The molecule has 0 saturated heterocycles. The van der Waals surface area contributed by atoms with Crippen molar-refractivity contribution in [2.75, 3.05) is 6.54 Å². The zero-order chi connectivity index (χ0) is 13.8. The first-order valence-electron chi connectivity index (χ1n) is 6.76. The van der Waals surface area contributed by atoms with Gasteiger partial charge in [-0.25, -0.2) is 4.39 Å². The van der Waals surface area contributed by atoms with Gasteiger partial charge in [-0.1, -0.05) is 24.5 Å². The Labute approximate surface area is 118 Å². The highest BCUT2D eigenvalue weighted by molar-refractivity contribution is 6.20. The molecule has 1 aromatic rings. The number of rotatable bonds is 3. The molecule has 2 nitrogen and oxygen atoms in total. The van der Waals surface area contributed by atoms with Crippen LogP contribution in [0.1, 0.15) is 41.6 Å². The molecule has 1 aliphatic rings. The molecule has 0 aliphatic heterocycles. The Balaban J connectivity index is 1.95. The molecule has 0 heterocycles. The van der Waals surface area contributed by atoms with Crippen LogP contribution in [0.3, 0.4) is 0 Å². The summed E-state index contributed by atoms with van der Waals surface area (Å²) in [6, 6.07) is 4.56. The minimum absolute atomic E-state index is 0.113. The van der Waals surface area contributed by atoms with E-state index in [-0.39, 0.29) is 16.8 Å². The molecule has 19 heavy (non-hydrogen) atoms. The number of halogens is 2. The molecule has 0 aromatic heterocycles. The van der Waals surface area contributed by atoms with Crippen molar-refractivity contribution in [1.82, 2.24) is 5.32 Å². The van der Waals surface area contributed by atoms with E-state index in [1.807, 2.05) is 6.92 Å². The van der Waals surface area contributed by atoms with Crippen molar-refractivity contribution in [2.45, 2.75) is 38.0 Å². The van der Waals surface area contributed by atoms with Crippen LogP contribution in [0.4, 0.5) is 4.39 Å². The molecule has 1 saturated carbocycles. The maximum Gasteiger partial charge on any atom is 0.254 e. The minimum Gasteiger partial charge on any atom is -0.352 e. The van der Waals surface area contributed by atoms with Crippen LogP contribution in [0.25, 0.3) is 0 Å². The lowest BCUT2D eigenvalue weighted by molar-refractivity contribution is 0.0940. The van der Waals surface area contributed by atoms with E-state index in [9.17, 15) is 9.18 Å². The van der Waals surface area contributed by atoms with Crippen LogP contribution >= 0.6 is 11.6 Å².